The Morgan fingerprint density at radius 3 is 2.94 bits per heavy atom. The summed E-state index contributed by atoms with van der Waals surface area (Å²) in [4.78, 5) is 17.3. The van der Waals surface area contributed by atoms with Gasteiger partial charge in [0.2, 0.25) is 0 Å². The maximum absolute atomic E-state index is 12.3. The van der Waals surface area contributed by atoms with Gasteiger partial charge in [0.15, 0.2) is 5.15 Å². The van der Waals surface area contributed by atoms with Crippen molar-refractivity contribution in [2.24, 2.45) is 5.73 Å². The molecule has 180 valence electrons. The molecule has 33 heavy (non-hydrogen) atoms. The van der Waals surface area contributed by atoms with Crippen molar-refractivity contribution >= 4 is 51.0 Å². The Balaban J connectivity index is 1.77. The van der Waals surface area contributed by atoms with E-state index >= 15 is 0 Å². The monoisotopic (exact) mass is 560 g/mol. The maximum Gasteiger partial charge on any atom is 0.270 e. The van der Waals surface area contributed by atoms with Gasteiger partial charge in [0, 0.05) is 48.7 Å². The second-order valence-electron chi connectivity index (χ2n) is 7.11. The molecule has 1 saturated heterocycles. The Morgan fingerprint density at radius 1 is 1.58 bits per heavy atom. The topological polar surface area (TPSA) is 126 Å². The Morgan fingerprint density at radius 2 is 2.36 bits per heavy atom. The molecule has 4 N–H and O–H groups in total. The highest BCUT2D eigenvalue weighted by molar-refractivity contribution is 9.10. The number of halogens is 2. The second kappa shape index (κ2) is 12.0. The van der Waals surface area contributed by atoms with Crippen LogP contribution in [-0.2, 0) is 14.2 Å². The highest BCUT2D eigenvalue weighted by Crippen LogP contribution is 2.34. The molecule has 10 nitrogen and oxygen atoms in total. The van der Waals surface area contributed by atoms with Crippen LogP contribution in [0.3, 0.4) is 0 Å². The van der Waals surface area contributed by atoms with Crippen molar-refractivity contribution in [3.8, 4) is 0 Å². The molecule has 0 bridgehead atoms. The summed E-state index contributed by atoms with van der Waals surface area (Å²) in [5.41, 5.74) is 5.88. The number of aromatic nitrogens is 3. The van der Waals surface area contributed by atoms with E-state index < -0.39 is 11.5 Å². The Kier molecular flexibility index (Phi) is 9.41. The Hall–Kier alpha value is -1.83. The van der Waals surface area contributed by atoms with Crippen LogP contribution in [0.15, 0.2) is 40.1 Å². The molecule has 1 amide bonds. The lowest BCUT2D eigenvalue weighted by Crippen LogP contribution is -2.49. The molecule has 0 aromatic carbocycles. The molecule has 13 heteroatoms. The normalized spacial score (nSPS) is 20.1. The standard InChI is InChI=1S/C20H26BrClN6O4S/c1-11-14(10-31-11)32-20(33-15-6-12(21)7-26-18(15)19(29)24-2)13(30-3)8-25-9-17(23)28-5-4-16(22)27-28/h4-7,9,11,13-14,20,25H,8,10,23H2,1-3H3,(H,24,29)/b17-9+/t11?,13-,14?,20?/m0/s1. The number of methoxy groups -OCH3 is 1. The number of nitrogens with two attached hydrogens (primary N) is 1. The zero-order valence-electron chi connectivity index (χ0n) is 18.3. The van der Waals surface area contributed by atoms with E-state index in [2.05, 4.69) is 36.6 Å². The Labute approximate surface area is 209 Å². The first-order chi connectivity index (χ1) is 15.8. The van der Waals surface area contributed by atoms with Crippen LogP contribution in [0, 0.1) is 0 Å². The number of nitrogens with zero attached hydrogens (tertiary/aromatic N) is 3. The van der Waals surface area contributed by atoms with Crippen LogP contribution in [-0.4, -0.2) is 71.7 Å². The number of thioether (sulfide) groups is 1. The van der Waals surface area contributed by atoms with Gasteiger partial charge in [0.25, 0.3) is 5.91 Å². The van der Waals surface area contributed by atoms with Crippen LogP contribution < -0.4 is 16.4 Å². The number of rotatable bonds is 11. The molecule has 0 aliphatic carbocycles. The molecule has 4 atom stereocenters. The summed E-state index contributed by atoms with van der Waals surface area (Å²) in [6.45, 7) is 2.82. The zero-order valence-corrected chi connectivity index (χ0v) is 21.5. The number of hydrogen-bond donors (Lipinski definition) is 3. The molecule has 3 unspecified atom stereocenters. The lowest BCUT2D eigenvalue weighted by atomic mass is 10.1. The number of nitrogens with one attached hydrogen (secondary N) is 2. The van der Waals surface area contributed by atoms with Crippen LogP contribution in [0.2, 0.25) is 5.15 Å². The average Bonchev–Trinajstić information content (AvgIpc) is 3.24. The molecule has 2 aromatic heterocycles. The van der Waals surface area contributed by atoms with Crippen molar-refractivity contribution in [1.82, 2.24) is 25.4 Å². The van der Waals surface area contributed by atoms with E-state index in [1.165, 1.54) is 16.4 Å². The van der Waals surface area contributed by atoms with E-state index in [0.29, 0.717) is 34.7 Å². The van der Waals surface area contributed by atoms with Gasteiger partial charge >= 0.3 is 0 Å². The van der Waals surface area contributed by atoms with Crippen molar-refractivity contribution in [3.05, 3.63) is 46.0 Å². The van der Waals surface area contributed by atoms with Crippen LogP contribution >= 0.6 is 39.3 Å². The van der Waals surface area contributed by atoms with E-state index in [1.807, 2.05) is 13.0 Å². The third-order valence-electron chi connectivity index (χ3n) is 4.86. The third kappa shape index (κ3) is 6.84. The minimum absolute atomic E-state index is 0.0299. The highest BCUT2D eigenvalue weighted by atomic mass is 79.9. The summed E-state index contributed by atoms with van der Waals surface area (Å²) >= 11 is 10.6. The lowest BCUT2D eigenvalue weighted by Gasteiger charge is -2.38. The summed E-state index contributed by atoms with van der Waals surface area (Å²) in [6, 6.07) is 3.47. The quantitative estimate of drug-likeness (QED) is 0.280. The third-order valence-corrected chi connectivity index (χ3v) is 6.70. The van der Waals surface area contributed by atoms with Crippen LogP contribution in [0.1, 0.15) is 17.4 Å². The van der Waals surface area contributed by atoms with Crippen molar-refractivity contribution < 1.29 is 19.0 Å². The van der Waals surface area contributed by atoms with Crippen LogP contribution in [0.25, 0.3) is 5.82 Å². The van der Waals surface area contributed by atoms with E-state index in [4.69, 9.17) is 31.5 Å². The van der Waals surface area contributed by atoms with E-state index in [-0.39, 0.29) is 18.1 Å². The molecular formula is C20H26BrClN6O4S. The van der Waals surface area contributed by atoms with Gasteiger partial charge in [-0.3, -0.25) is 4.79 Å². The molecule has 0 saturated carbocycles. The molecule has 0 spiro atoms. The molecule has 0 radical (unpaired) electrons. The number of amides is 1. The smallest absolute Gasteiger partial charge is 0.270 e. The number of ether oxygens (including phenoxy) is 3. The summed E-state index contributed by atoms with van der Waals surface area (Å²) < 4.78 is 19.7. The minimum Gasteiger partial charge on any atom is -0.385 e. The predicted octanol–water partition coefficient (Wildman–Crippen LogP) is 2.30. The van der Waals surface area contributed by atoms with E-state index in [9.17, 15) is 4.79 Å². The first-order valence-corrected chi connectivity index (χ1v) is 12.1. The van der Waals surface area contributed by atoms with Crippen molar-refractivity contribution in [3.63, 3.8) is 0 Å². The largest absolute Gasteiger partial charge is 0.385 e. The minimum atomic E-state index is -0.466. The maximum atomic E-state index is 12.3. The zero-order chi connectivity index (χ0) is 24.0. The fourth-order valence-electron chi connectivity index (χ4n) is 2.89. The summed E-state index contributed by atoms with van der Waals surface area (Å²) in [6.07, 6.45) is 4.33. The first-order valence-electron chi connectivity index (χ1n) is 10.1. The van der Waals surface area contributed by atoms with Gasteiger partial charge < -0.3 is 30.6 Å². The van der Waals surface area contributed by atoms with Gasteiger partial charge in [-0.15, -0.1) is 0 Å². The second-order valence-corrected chi connectivity index (χ2v) is 9.56. The van der Waals surface area contributed by atoms with E-state index in [0.717, 1.165) is 4.47 Å². The van der Waals surface area contributed by atoms with Crippen molar-refractivity contribution in [2.75, 3.05) is 27.3 Å². The fraction of sp³-hybridized carbons (Fsp3) is 0.450. The van der Waals surface area contributed by atoms with Gasteiger partial charge in [-0.05, 0) is 35.0 Å². The molecule has 3 heterocycles. The number of carbonyl (C=O) groups is 1. The molecule has 1 aliphatic rings. The number of carbonyl (C=O) groups excluding carboxylic acids is 1. The van der Waals surface area contributed by atoms with Gasteiger partial charge in [-0.1, -0.05) is 23.4 Å². The first kappa shape index (κ1) is 25.8. The van der Waals surface area contributed by atoms with Gasteiger partial charge in [0.05, 0.1) is 12.7 Å². The summed E-state index contributed by atoms with van der Waals surface area (Å²) in [7, 11) is 3.16. The highest BCUT2D eigenvalue weighted by Gasteiger charge is 2.35. The van der Waals surface area contributed by atoms with Crippen LogP contribution in [0.4, 0.5) is 0 Å². The predicted molar refractivity (Wildman–Crippen MR) is 130 cm³/mol. The fourth-order valence-corrected chi connectivity index (χ4v) is 4.77. The van der Waals surface area contributed by atoms with Gasteiger partial charge in [0.1, 0.15) is 29.2 Å². The summed E-state index contributed by atoms with van der Waals surface area (Å²) in [5.74, 6) is 0.0748. The van der Waals surface area contributed by atoms with Crippen LogP contribution in [0.5, 0.6) is 0 Å². The number of pyridine rings is 1. The molecule has 2 aromatic rings. The SMILES string of the molecule is CNC(=O)c1ncc(Br)cc1SC(OC1COC1C)[C@H](CN/C=C(\N)n1ccc(Cl)n1)OC. The van der Waals surface area contributed by atoms with E-state index in [1.54, 1.807) is 38.8 Å². The Bertz CT molecular complexity index is 993. The van der Waals surface area contributed by atoms with Gasteiger partial charge in [-0.25, -0.2) is 9.67 Å². The van der Waals surface area contributed by atoms with Crippen molar-refractivity contribution in [1.29, 1.82) is 0 Å². The molecular weight excluding hydrogens is 536 g/mol. The summed E-state index contributed by atoms with van der Waals surface area (Å²) in [5, 5.41) is 10.2. The number of hydrogen-bond acceptors (Lipinski definition) is 9. The lowest BCUT2D eigenvalue weighted by molar-refractivity contribution is -0.197. The molecule has 3 rings (SSSR count). The van der Waals surface area contributed by atoms with Gasteiger partial charge in [-0.2, -0.15) is 5.10 Å². The molecule has 1 aliphatic heterocycles. The average molecular weight is 562 g/mol. The van der Waals surface area contributed by atoms with Crippen molar-refractivity contribution in [2.45, 2.75) is 35.6 Å². The molecule has 1 fully saturated rings.